The molecule has 1 aromatic heterocycles. The number of hydrogen-bond acceptors (Lipinski definition) is 5. The van der Waals surface area contributed by atoms with Gasteiger partial charge in [0.15, 0.2) is 0 Å². The van der Waals surface area contributed by atoms with E-state index in [1.54, 1.807) is 10.6 Å². The van der Waals surface area contributed by atoms with Crippen molar-refractivity contribution in [3.63, 3.8) is 0 Å². The van der Waals surface area contributed by atoms with Gasteiger partial charge in [-0.15, -0.1) is 0 Å². The highest BCUT2D eigenvalue weighted by atomic mass is 32.2. The predicted molar refractivity (Wildman–Crippen MR) is 133 cm³/mol. The van der Waals surface area contributed by atoms with Gasteiger partial charge in [0.1, 0.15) is 5.56 Å². The van der Waals surface area contributed by atoms with Gasteiger partial charge in [0.2, 0.25) is 0 Å². The Bertz CT molecular complexity index is 1190. The Labute approximate surface area is 201 Å². The fourth-order valence-electron chi connectivity index (χ4n) is 5.74. The molecule has 1 aromatic carbocycles. The third-order valence-electron chi connectivity index (χ3n) is 7.24. The maximum Gasteiger partial charge on any atom is 0.264 e. The number of para-hydroxylation sites is 1. The molecule has 2 aliphatic heterocycles. The van der Waals surface area contributed by atoms with E-state index in [0.717, 1.165) is 56.0 Å². The van der Waals surface area contributed by atoms with Crippen molar-refractivity contribution in [1.29, 1.82) is 0 Å². The van der Waals surface area contributed by atoms with Gasteiger partial charge in [-0.3, -0.25) is 19.0 Å². The fourth-order valence-corrected chi connectivity index (χ4v) is 6.31. The van der Waals surface area contributed by atoms with E-state index in [4.69, 9.17) is 4.55 Å². The number of carbonyl (C=O) groups is 1. The molecule has 2 N–H and O–H groups in total. The van der Waals surface area contributed by atoms with E-state index in [0.29, 0.717) is 18.5 Å². The molecule has 2 saturated heterocycles. The minimum Gasteiger partial charge on any atom is -0.349 e. The molecular weight excluding hydrogens is 454 g/mol. The molecular formula is C25H35N3O5S. The van der Waals surface area contributed by atoms with Crippen LogP contribution in [0.25, 0.3) is 10.9 Å². The van der Waals surface area contributed by atoms with Crippen molar-refractivity contribution in [3.8, 4) is 0 Å². The average Bonchev–Trinajstić information content (AvgIpc) is 2.99. The van der Waals surface area contributed by atoms with Gasteiger partial charge in [0.25, 0.3) is 21.6 Å². The number of piperidine rings is 1. The highest BCUT2D eigenvalue weighted by Gasteiger charge is 2.40. The van der Waals surface area contributed by atoms with E-state index < -0.39 is 10.1 Å². The zero-order chi connectivity index (χ0) is 24.5. The Kier molecular flexibility index (Phi) is 7.45. The Morgan fingerprint density at radius 3 is 2.44 bits per heavy atom. The topological polar surface area (TPSA) is 109 Å². The van der Waals surface area contributed by atoms with Crippen molar-refractivity contribution in [2.24, 2.45) is 0 Å². The normalized spacial score (nSPS) is 23.0. The van der Waals surface area contributed by atoms with E-state index in [-0.39, 0.29) is 34.9 Å². The second kappa shape index (κ2) is 10.2. The van der Waals surface area contributed by atoms with Crippen LogP contribution in [0.5, 0.6) is 0 Å². The Balaban J connectivity index is 1.39. The lowest BCUT2D eigenvalue weighted by Crippen LogP contribution is -2.51. The molecule has 2 aromatic rings. The van der Waals surface area contributed by atoms with E-state index in [1.807, 2.05) is 38.1 Å². The van der Waals surface area contributed by atoms with Gasteiger partial charge in [-0.2, -0.15) is 8.42 Å². The van der Waals surface area contributed by atoms with Gasteiger partial charge in [-0.25, -0.2) is 0 Å². The Hall–Kier alpha value is -2.23. The molecule has 2 fully saturated rings. The van der Waals surface area contributed by atoms with Crippen LogP contribution < -0.4 is 10.9 Å². The van der Waals surface area contributed by atoms with Crippen molar-refractivity contribution >= 4 is 26.9 Å². The first-order chi connectivity index (χ1) is 16.1. The molecule has 9 heteroatoms. The summed E-state index contributed by atoms with van der Waals surface area (Å²) in [5, 5.41) is 4.03. The van der Waals surface area contributed by atoms with Crippen LogP contribution in [-0.4, -0.2) is 58.8 Å². The van der Waals surface area contributed by atoms with Crippen LogP contribution in [-0.2, 0) is 10.1 Å². The molecule has 4 rings (SSSR count). The van der Waals surface area contributed by atoms with Crippen molar-refractivity contribution in [2.45, 2.75) is 83.0 Å². The number of unbranched alkanes of at least 4 members (excludes halogenated alkanes) is 2. The molecule has 2 aliphatic rings. The summed E-state index contributed by atoms with van der Waals surface area (Å²) in [5.41, 5.74) is 0.777. The minimum absolute atomic E-state index is 0.0409. The van der Waals surface area contributed by atoms with E-state index in [1.165, 1.54) is 0 Å². The highest BCUT2D eigenvalue weighted by Crippen LogP contribution is 2.36. The van der Waals surface area contributed by atoms with Crippen LogP contribution in [0.3, 0.4) is 0 Å². The number of aromatic nitrogens is 1. The number of pyridine rings is 1. The predicted octanol–water partition coefficient (Wildman–Crippen LogP) is 3.37. The number of nitrogens with zero attached hydrogens (tertiary/aromatic N) is 2. The zero-order valence-corrected chi connectivity index (χ0v) is 20.8. The third-order valence-corrected chi connectivity index (χ3v) is 8.05. The Morgan fingerprint density at radius 2 is 1.79 bits per heavy atom. The van der Waals surface area contributed by atoms with Gasteiger partial charge in [0, 0.05) is 24.2 Å². The number of benzene rings is 1. The molecule has 186 valence electrons. The quantitative estimate of drug-likeness (QED) is 0.413. The van der Waals surface area contributed by atoms with Gasteiger partial charge in [0.05, 0.1) is 11.3 Å². The number of amides is 1. The number of fused-ring (bicyclic) bond motifs is 3. The highest BCUT2D eigenvalue weighted by molar-refractivity contribution is 7.85. The number of hydrogen-bond donors (Lipinski definition) is 2. The molecule has 0 aliphatic carbocycles. The molecule has 2 bridgehead atoms. The average molecular weight is 490 g/mol. The van der Waals surface area contributed by atoms with Crippen LogP contribution in [0.15, 0.2) is 35.1 Å². The first kappa shape index (κ1) is 24.9. The maximum absolute atomic E-state index is 13.2. The fraction of sp³-hybridized carbons (Fsp3) is 0.600. The van der Waals surface area contributed by atoms with Crippen molar-refractivity contribution in [2.75, 3.05) is 12.3 Å². The molecule has 1 unspecified atom stereocenters. The molecule has 0 spiro atoms. The summed E-state index contributed by atoms with van der Waals surface area (Å²) < 4.78 is 32.3. The lowest BCUT2D eigenvalue weighted by molar-refractivity contribution is 0.0840. The maximum atomic E-state index is 13.2. The van der Waals surface area contributed by atoms with Gasteiger partial charge in [-0.1, -0.05) is 24.6 Å². The van der Waals surface area contributed by atoms with Crippen LogP contribution in [0, 0.1) is 0 Å². The van der Waals surface area contributed by atoms with Crippen LogP contribution in [0.4, 0.5) is 0 Å². The SMILES string of the molecule is CC(C)n1c(=O)c(C(=O)NC2C[C@H]3CC[C@@H](C2)N3CCCCCS(=O)(=O)O)cc2ccccc21. The molecule has 34 heavy (non-hydrogen) atoms. The van der Waals surface area contributed by atoms with Crippen LogP contribution >= 0.6 is 0 Å². The number of rotatable bonds is 9. The standard InChI is InChI=1S/C25H35N3O5S/c1-17(2)28-23-9-5-4-8-18(23)14-22(25(28)30)24(29)26-19-15-20-10-11-21(16-19)27(20)12-6-3-7-13-34(31,32)33/h4-5,8-9,14,17,19-21H,3,6-7,10-13,15-16H2,1-2H3,(H,26,29)(H,31,32,33)/t19?,20-,21+. The second-order valence-corrected chi connectivity index (χ2v) is 11.6. The monoisotopic (exact) mass is 489 g/mol. The summed E-state index contributed by atoms with van der Waals surface area (Å²) in [5.74, 6) is -0.477. The summed E-state index contributed by atoms with van der Waals surface area (Å²) in [6.07, 6.45) is 6.04. The summed E-state index contributed by atoms with van der Waals surface area (Å²) in [4.78, 5) is 28.9. The first-order valence-electron chi connectivity index (χ1n) is 12.3. The van der Waals surface area contributed by atoms with E-state index in [9.17, 15) is 18.0 Å². The summed E-state index contributed by atoms with van der Waals surface area (Å²) >= 11 is 0. The number of nitrogens with one attached hydrogen (secondary N) is 1. The van der Waals surface area contributed by atoms with Gasteiger partial charge in [-0.05, 0) is 76.4 Å². The molecule has 0 radical (unpaired) electrons. The van der Waals surface area contributed by atoms with Crippen molar-refractivity contribution in [1.82, 2.24) is 14.8 Å². The summed E-state index contributed by atoms with van der Waals surface area (Å²) in [6.45, 7) is 4.81. The van der Waals surface area contributed by atoms with Gasteiger partial charge < -0.3 is 9.88 Å². The van der Waals surface area contributed by atoms with Crippen LogP contribution in [0.2, 0.25) is 0 Å². The molecule has 0 saturated carbocycles. The molecule has 1 amide bonds. The lowest BCUT2D eigenvalue weighted by Gasteiger charge is -2.39. The van der Waals surface area contributed by atoms with Gasteiger partial charge >= 0.3 is 0 Å². The third kappa shape index (κ3) is 5.53. The molecule has 8 nitrogen and oxygen atoms in total. The zero-order valence-electron chi connectivity index (χ0n) is 19.9. The summed E-state index contributed by atoms with van der Waals surface area (Å²) in [6, 6.07) is 10.1. The van der Waals surface area contributed by atoms with Crippen LogP contribution in [0.1, 0.15) is 75.2 Å². The van der Waals surface area contributed by atoms with Crippen molar-refractivity contribution < 1.29 is 17.8 Å². The number of carbonyl (C=O) groups excluding carboxylic acids is 1. The molecule has 3 atom stereocenters. The minimum atomic E-state index is -3.88. The van der Waals surface area contributed by atoms with E-state index >= 15 is 0 Å². The Morgan fingerprint density at radius 1 is 1.12 bits per heavy atom. The summed E-state index contributed by atoms with van der Waals surface area (Å²) in [7, 11) is -3.88. The smallest absolute Gasteiger partial charge is 0.264 e. The second-order valence-electron chi connectivity index (χ2n) is 10.00. The first-order valence-corrected chi connectivity index (χ1v) is 13.9. The van der Waals surface area contributed by atoms with E-state index in [2.05, 4.69) is 10.2 Å². The van der Waals surface area contributed by atoms with Crippen molar-refractivity contribution in [3.05, 3.63) is 46.2 Å². The molecule has 3 heterocycles. The largest absolute Gasteiger partial charge is 0.349 e. The lowest BCUT2D eigenvalue weighted by atomic mass is 9.96.